The van der Waals surface area contributed by atoms with Crippen molar-refractivity contribution in [1.29, 1.82) is 0 Å². The summed E-state index contributed by atoms with van der Waals surface area (Å²) in [4.78, 5) is 97.1. The Balaban J connectivity index is 1.37. The number of fused-ring (bicyclic) bond motifs is 18. The second-order valence-corrected chi connectivity index (χ2v) is 16.8. The fourth-order valence-electron chi connectivity index (χ4n) is 7.43. The maximum atomic E-state index is 14.6. The molecule has 0 fully saturated rings. The molecule has 15 heteroatoms. The zero-order valence-corrected chi connectivity index (χ0v) is 36.0. The van der Waals surface area contributed by atoms with E-state index in [4.69, 9.17) is 5.73 Å². The average Bonchev–Trinajstić information content (AvgIpc) is 3.81. The lowest BCUT2D eigenvalue weighted by molar-refractivity contribution is -0.144. The summed E-state index contributed by atoms with van der Waals surface area (Å²) in [5.41, 5.74) is 9.81. The molecule has 5 atom stereocenters. The minimum atomic E-state index is -1.36. The van der Waals surface area contributed by atoms with E-state index < -0.39 is 84.2 Å². The summed E-state index contributed by atoms with van der Waals surface area (Å²) in [5, 5.41) is 25.9. The van der Waals surface area contributed by atoms with Crippen LogP contribution in [0, 0.1) is 5.92 Å². The molecule has 0 unspecified atom stereocenters. The Kier molecular flexibility index (Phi) is 16.7. The summed E-state index contributed by atoms with van der Waals surface area (Å²) in [6.07, 6.45) is -0.547. The van der Waals surface area contributed by atoms with Gasteiger partial charge in [0.05, 0.1) is 18.4 Å². The van der Waals surface area contributed by atoms with Gasteiger partial charge in [-0.2, -0.15) is 0 Å². The van der Waals surface area contributed by atoms with Gasteiger partial charge in [0.2, 0.25) is 29.5 Å². The zero-order chi connectivity index (χ0) is 45.4. The number of carbonyl (C=O) groups is 7. The predicted molar refractivity (Wildman–Crippen MR) is 244 cm³/mol. The van der Waals surface area contributed by atoms with Gasteiger partial charge in [0, 0.05) is 36.2 Å². The average molecular weight is 885 g/mol. The number of hydrogen-bond acceptors (Lipinski definition) is 9. The normalized spacial score (nSPS) is 20.2. The van der Waals surface area contributed by atoms with Crippen LogP contribution in [0.3, 0.4) is 0 Å². The number of carboxylic acid groups (broad SMARTS) is 1. The van der Waals surface area contributed by atoms with Gasteiger partial charge >= 0.3 is 5.97 Å². The summed E-state index contributed by atoms with van der Waals surface area (Å²) < 4.78 is 0. The number of anilines is 1. The van der Waals surface area contributed by atoms with Gasteiger partial charge < -0.3 is 37.4 Å². The number of carboxylic acids is 1. The van der Waals surface area contributed by atoms with Crippen LogP contribution < -0.4 is 32.3 Å². The second kappa shape index (κ2) is 22.9. The van der Waals surface area contributed by atoms with Crippen LogP contribution in [0.2, 0.25) is 0 Å². The van der Waals surface area contributed by atoms with Crippen LogP contribution >= 0.6 is 11.3 Å². The van der Waals surface area contributed by atoms with E-state index in [0.29, 0.717) is 23.2 Å². The molecule has 5 amide bonds. The number of benzene rings is 4. The van der Waals surface area contributed by atoms with Gasteiger partial charge in [0.25, 0.3) is 0 Å². The molecule has 0 aliphatic carbocycles. The molecule has 5 aromatic rings. The van der Waals surface area contributed by atoms with Crippen LogP contribution in [0.25, 0.3) is 11.1 Å². The van der Waals surface area contributed by atoms with E-state index in [9.17, 15) is 38.7 Å². The summed E-state index contributed by atoms with van der Waals surface area (Å²) in [6, 6.07) is 31.1. The number of nitrogens with two attached hydrogens (primary N) is 1. The fraction of sp³-hybridized carbons (Fsp3) is 0.286. The maximum Gasteiger partial charge on any atom is 0.307 e. The molecule has 2 aliphatic heterocycles. The fourth-order valence-corrected chi connectivity index (χ4v) is 8.19. The lowest BCUT2D eigenvalue weighted by atomic mass is 9.90. The van der Waals surface area contributed by atoms with Gasteiger partial charge in [-0.05, 0) is 77.2 Å². The van der Waals surface area contributed by atoms with Crippen molar-refractivity contribution in [2.75, 3.05) is 11.9 Å². The minimum Gasteiger partial charge on any atom is -0.481 e. The molecule has 0 radical (unpaired) electrons. The molecule has 7 rings (SSSR count). The Morgan fingerprint density at radius 1 is 0.641 bits per heavy atom. The zero-order valence-electron chi connectivity index (χ0n) is 35.2. The SMILES string of the molecule is NCCCC(=O)N[C@H]1CC(=O)N[C@H](Cc2cccs2)C(=O)N[C@@H](Cc2ccc(-c3ccccc3)cc2)C(=O)N[C@H](Cc2ccccc2)C(=O)C[C@H](C(=O)O)Cc2ccc(cc2)NC1=O. The Morgan fingerprint density at radius 3 is 1.89 bits per heavy atom. The van der Waals surface area contributed by atoms with Crippen LogP contribution in [0.4, 0.5) is 5.69 Å². The number of Topliss-reactive ketones (excluding diaryl/α,β-unsaturated/α-hetero) is 1. The Morgan fingerprint density at radius 2 is 1.25 bits per heavy atom. The van der Waals surface area contributed by atoms with Crippen molar-refractivity contribution < 1.29 is 38.7 Å². The molecule has 0 saturated carbocycles. The van der Waals surface area contributed by atoms with E-state index >= 15 is 0 Å². The van der Waals surface area contributed by atoms with Crippen molar-refractivity contribution in [1.82, 2.24) is 21.3 Å². The molecular formula is C49H52N6O8S. The lowest BCUT2D eigenvalue weighted by Crippen LogP contribution is -2.57. The van der Waals surface area contributed by atoms with Gasteiger partial charge in [-0.3, -0.25) is 33.6 Å². The Hall–Kier alpha value is -6.97. The van der Waals surface area contributed by atoms with E-state index in [0.717, 1.165) is 21.6 Å². The summed E-state index contributed by atoms with van der Waals surface area (Å²) in [7, 11) is 0. The van der Waals surface area contributed by atoms with Crippen LogP contribution in [0.1, 0.15) is 47.3 Å². The van der Waals surface area contributed by atoms with E-state index in [2.05, 4.69) is 26.6 Å². The monoisotopic (exact) mass is 884 g/mol. The topological polar surface area (TPSA) is 226 Å². The quantitative estimate of drug-likeness (QED) is 0.0883. The van der Waals surface area contributed by atoms with Crippen molar-refractivity contribution in [3.63, 3.8) is 0 Å². The number of nitrogens with one attached hydrogen (secondary N) is 5. The summed E-state index contributed by atoms with van der Waals surface area (Å²) in [6.45, 7) is 0.235. The maximum absolute atomic E-state index is 14.6. The number of ketones is 1. The highest BCUT2D eigenvalue weighted by molar-refractivity contribution is 7.09. The Labute approximate surface area is 375 Å². The molecule has 1 aromatic heterocycles. The van der Waals surface area contributed by atoms with E-state index in [1.54, 1.807) is 60.7 Å². The highest BCUT2D eigenvalue weighted by Gasteiger charge is 2.33. The second-order valence-electron chi connectivity index (χ2n) is 15.8. The van der Waals surface area contributed by atoms with Gasteiger partial charge in [-0.1, -0.05) is 103 Å². The molecule has 8 N–H and O–H groups in total. The third-order valence-electron chi connectivity index (χ3n) is 10.9. The first-order valence-corrected chi connectivity index (χ1v) is 22.1. The highest BCUT2D eigenvalue weighted by Crippen LogP contribution is 2.22. The smallest absolute Gasteiger partial charge is 0.307 e. The first-order chi connectivity index (χ1) is 30.9. The van der Waals surface area contributed by atoms with Gasteiger partial charge in [-0.25, -0.2) is 0 Å². The number of rotatable bonds is 12. The van der Waals surface area contributed by atoms with E-state index in [1.807, 2.05) is 66.0 Å². The molecule has 2 bridgehead atoms. The summed E-state index contributed by atoms with van der Waals surface area (Å²) >= 11 is 1.36. The van der Waals surface area contributed by atoms with Crippen LogP contribution in [-0.2, 0) is 59.2 Å². The molecule has 14 nitrogen and oxygen atoms in total. The lowest BCUT2D eigenvalue weighted by Gasteiger charge is -2.26. The molecule has 2 aliphatic rings. The molecule has 64 heavy (non-hydrogen) atoms. The van der Waals surface area contributed by atoms with Crippen LogP contribution in [0.15, 0.2) is 127 Å². The first-order valence-electron chi connectivity index (χ1n) is 21.2. The molecule has 3 heterocycles. The standard InChI is InChI=1S/C49H52N6O8S/c50-23-7-14-44(57)52-42-30-45(58)53-41(29-38-13-8-24-64-38)48(61)55-40(27-33-15-19-35(20-16-33)34-11-5-2-6-12-34)47(60)54-39(26-31-9-3-1-4-10-31)43(56)28-36(49(62)63)25-32-17-21-37(22-18-32)51-46(42)59/h1-6,8-13,15-22,24,36,39-42H,7,14,23,25-30,50H2,(H,51,59)(H,52,57)(H,53,58)(H,54,60)(H,55,61)(H,62,63)/t36-,39-,40+,41-,42+/m1/s1. The third kappa shape index (κ3) is 13.8. The minimum absolute atomic E-state index is 0.0107. The van der Waals surface area contributed by atoms with Gasteiger partial charge in [-0.15, -0.1) is 11.3 Å². The largest absolute Gasteiger partial charge is 0.481 e. The number of aliphatic carboxylic acids is 1. The number of carbonyl (C=O) groups excluding carboxylic acids is 6. The molecule has 332 valence electrons. The van der Waals surface area contributed by atoms with Gasteiger partial charge in [0.1, 0.15) is 18.1 Å². The molecular weight excluding hydrogens is 833 g/mol. The van der Waals surface area contributed by atoms with Crippen LogP contribution in [0.5, 0.6) is 0 Å². The first kappa shape index (κ1) is 46.5. The van der Waals surface area contributed by atoms with E-state index in [-0.39, 0.29) is 38.6 Å². The molecule has 0 spiro atoms. The highest BCUT2D eigenvalue weighted by atomic mass is 32.1. The molecule has 4 aromatic carbocycles. The molecule has 0 saturated heterocycles. The number of hydrogen-bond donors (Lipinski definition) is 7. The van der Waals surface area contributed by atoms with Gasteiger partial charge in [0.15, 0.2) is 5.78 Å². The Bertz CT molecular complexity index is 2380. The summed E-state index contributed by atoms with van der Waals surface area (Å²) in [5.74, 6) is -6.22. The van der Waals surface area contributed by atoms with Crippen molar-refractivity contribution in [2.45, 2.75) is 75.5 Å². The van der Waals surface area contributed by atoms with Crippen molar-refractivity contribution in [2.24, 2.45) is 11.7 Å². The van der Waals surface area contributed by atoms with Crippen molar-refractivity contribution in [3.8, 4) is 11.1 Å². The van der Waals surface area contributed by atoms with Crippen LogP contribution in [-0.4, -0.2) is 77.1 Å². The van der Waals surface area contributed by atoms with Crippen molar-refractivity contribution in [3.05, 3.63) is 148 Å². The number of amides is 5. The van der Waals surface area contributed by atoms with Crippen molar-refractivity contribution >= 4 is 58.3 Å². The third-order valence-corrected chi connectivity index (χ3v) is 11.8. The predicted octanol–water partition coefficient (Wildman–Crippen LogP) is 4.37. The number of thiophene rings is 1. The van der Waals surface area contributed by atoms with E-state index in [1.165, 1.54) is 11.3 Å².